The number of halogens is 6. The highest BCUT2D eigenvalue weighted by Gasteiger charge is 2.52. The van der Waals surface area contributed by atoms with Gasteiger partial charge in [-0.15, -0.1) is 5.10 Å². The van der Waals surface area contributed by atoms with Crippen LogP contribution in [0.5, 0.6) is 0 Å². The molecule has 1 N–H and O–H groups in total. The van der Waals surface area contributed by atoms with E-state index in [1.165, 1.54) is 22.7 Å². The van der Waals surface area contributed by atoms with Crippen molar-refractivity contribution in [2.24, 2.45) is 5.10 Å². The number of aromatic nitrogens is 2. The fourth-order valence-corrected chi connectivity index (χ4v) is 4.97. The van der Waals surface area contributed by atoms with Crippen LogP contribution in [0.4, 0.5) is 27.6 Å². The van der Waals surface area contributed by atoms with E-state index >= 15 is 0 Å². The maximum atomic E-state index is 15.0. The SMILES string of the molecule is CCc1nc2c(F)cc(Cl)cn2c1C(=O)NCc1ccc(N2CCN(S(=O)(=O)C(F)(F)F)C(OC)=N2)c(F)c1. The number of hydrogen-bond donors (Lipinski definition) is 1. The molecule has 39 heavy (non-hydrogen) atoms. The Bertz CT molecular complexity index is 1580. The van der Waals surface area contributed by atoms with E-state index in [1.54, 1.807) is 6.92 Å². The summed E-state index contributed by atoms with van der Waals surface area (Å²) in [6.45, 7) is 0.499. The van der Waals surface area contributed by atoms with Crippen molar-refractivity contribution in [3.05, 3.63) is 64.1 Å². The van der Waals surface area contributed by atoms with Crippen molar-refractivity contribution in [1.29, 1.82) is 0 Å². The van der Waals surface area contributed by atoms with Gasteiger partial charge in [-0.05, 0) is 30.2 Å². The number of pyridine rings is 1. The minimum atomic E-state index is -5.76. The summed E-state index contributed by atoms with van der Waals surface area (Å²) in [5, 5.41) is 7.34. The zero-order valence-corrected chi connectivity index (χ0v) is 21.8. The van der Waals surface area contributed by atoms with Crippen molar-refractivity contribution in [2.75, 3.05) is 25.2 Å². The predicted octanol–water partition coefficient (Wildman–Crippen LogP) is 3.65. The van der Waals surface area contributed by atoms with E-state index in [4.69, 9.17) is 16.3 Å². The van der Waals surface area contributed by atoms with Crippen molar-refractivity contribution in [3.8, 4) is 0 Å². The van der Waals surface area contributed by atoms with E-state index in [2.05, 4.69) is 15.4 Å². The van der Waals surface area contributed by atoms with Gasteiger partial charge in [0, 0.05) is 12.7 Å². The van der Waals surface area contributed by atoms with Gasteiger partial charge in [0.15, 0.2) is 11.5 Å². The molecule has 0 saturated carbocycles. The molecule has 17 heteroatoms. The summed E-state index contributed by atoms with van der Waals surface area (Å²) in [6, 6.07) is 3.96. The molecule has 1 aromatic carbocycles. The number of hydrogen-bond acceptors (Lipinski definition) is 7. The lowest BCUT2D eigenvalue weighted by molar-refractivity contribution is -0.0477. The second-order valence-electron chi connectivity index (χ2n) is 8.16. The zero-order chi connectivity index (χ0) is 28.7. The third-order valence-corrected chi connectivity index (χ3v) is 7.42. The molecule has 0 aliphatic carbocycles. The lowest BCUT2D eigenvalue weighted by Crippen LogP contribution is -2.51. The number of hydrazone groups is 1. The molecule has 3 aromatic rings. The number of amides is 1. The summed E-state index contributed by atoms with van der Waals surface area (Å²) in [4.78, 5) is 17.1. The minimum Gasteiger partial charge on any atom is -0.467 e. The Morgan fingerprint density at radius 3 is 2.51 bits per heavy atom. The van der Waals surface area contributed by atoms with Gasteiger partial charge in [0.05, 0.1) is 36.6 Å². The van der Waals surface area contributed by atoms with Crippen molar-refractivity contribution < 1.29 is 39.9 Å². The number of imidazole rings is 1. The average molecular weight is 595 g/mol. The van der Waals surface area contributed by atoms with Gasteiger partial charge in [0.25, 0.3) is 5.91 Å². The standard InChI is InChI=1S/C22H20ClF5N6O4S/c1-3-16-18(32-11-13(23)9-15(25)19(32)30-16)20(35)29-10-12-4-5-17(14(24)8-12)33-6-7-34(21(31-33)38-2)39(36,37)22(26,27)28/h4-5,8-9,11H,3,6-7,10H2,1-2H3,(H,29,35). The third-order valence-electron chi connectivity index (χ3n) is 5.71. The first-order valence-corrected chi connectivity index (χ1v) is 13.0. The van der Waals surface area contributed by atoms with Gasteiger partial charge in [-0.2, -0.15) is 21.6 Å². The fraction of sp³-hybridized carbons (Fsp3) is 0.318. The summed E-state index contributed by atoms with van der Waals surface area (Å²) in [7, 11) is -4.83. The first-order valence-electron chi connectivity index (χ1n) is 11.2. The number of ether oxygens (including phenoxy) is 1. The quantitative estimate of drug-likeness (QED) is 0.437. The summed E-state index contributed by atoms with van der Waals surface area (Å²) in [6.07, 6.45) is 1.68. The van der Waals surface area contributed by atoms with E-state index in [1.807, 2.05) is 0 Å². The van der Waals surface area contributed by atoms with Crippen molar-refractivity contribution in [3.63, 3.8) is 0 Å². The third kappa shape index (κ3) is 5.30. The highest BCUT2D eigenvalue weighted by molar-refractivity contribution is 7.90. The maximum Gasteiger partial charge on any atom is 0.516 e. The van der Waals surface area contributed by atoms with Gasteiger partial charge in [0.1, 0.15) is 11.5 Å². The number of nitrogens with zero attached hydrogens (tertiary/aromatic N) is 5. The molecule has 0 bridgehead atoms. The molecular formula is C22H20ClF5N6O4S. The van der Waals surface area contributed by atoms with Crippen LogP contribution in [0.3, 0.4) is 0 Å². The average Bonchev–Trinajstić information content (AvgIpc) is 3.25. The van der Waals surface area contributed by atoms with Crippen LogP contribution in [-0.4, -0.2) is 59.7 Å². The molecule has 0 atom stereocenters. The lowest BCUT2D eigenvalue weighted by atomic mass is 10.1. The Morgan fingerprint density at radius 1 is 1.18 bits per heavy atom. The van der Waals surface area contributed by atoms with Gasteiger partial charge in [-0.1, -0.05) is 24.6 Å². The summed E-state index contributed by atoms with van der Waals surface area (Å²) in [5.74, 6) is -2.15. The van der Waals surface area contributed by atoms with Crippen LogP contribution >= 0.6 is 11.6 Å². The van der Waals surface area contributed by atoms with E-state index in [-0.39, 0.29) is 32.9 Å². The Hall–Kier alpha value is -3.66. The summed E-state index contributed by atoms with van der Waals surface area (Å²) >= 11 is 5.93. The van der Waals surface area contributed by atoms with Gasteiger partial charge >= 0.3 is 21.6 Å². The number of aryl methyl sites for hydroxylation is 1. The van der Waals surface area contributed by atoms with Crippen LogP contribution < -0.4 is 10.3 Å². The Balaban J connectivity index is 1.53. The van der Waals surface area contributed by atoms with Gasteiger partial charge < -0.3 is 10.1 Å². The number of sulfonamides is 1. The number of nitrogens with one attached hydrogen (secondary N) is 1. The molecule has 1 amide bonds. The number of amidine groups is 1. The molecular weight excluding hydrogens is 575 g/mol. The largest absolute Gasteiger partial charge is 0.516 e. The molecule has 0 spiro atoms. The Labute approximate surface area is 223 Å². The van der Waals surface area contributed by atoms with Crippen LogP contribution in [-0.2, 0) is 27.7 Å². The Morgan fingerprint density at radius 2 is 1.90 bits per heavy atom. The topological polar surface area (TPSA) is 109 Å². The summed E-state index contributed by atoms with van der Waals surface area (Å²) < 4.78 is 97.5. The first-order chi connectivity index (χ1) is 18.3. The number of rotatable bonds is 6. The normalized spacial score (nSPS) is 14.5. The molecule has 0 fully saturated rings. The van der Waals surface area contributed by atoms with Crippen LogP contribution in [0.25, 0.3) is 5.65 Å². The van der Waals surface area contributed by atoms with E-state index < -0.39 is 52.2 Å². The number of anilines is 1. The van der Waals surface area contributed by atoms with E-state index in [9.17, 15) is 35.2 Å². The van der Waals surface area contributed by atoms with Crippen LogP contribution in [0.15, 0.2) is 35.6 Å². The number of methoxy groups -OCH3 is 1. The highest BCUT2D eigenvalue weighted by Crippen LogP contribution is 2.30. The molecule has 2 aromatic heterocycles. The predicted molar refractivity (Wildman–Crippen MR) is 131 cm³/mol. The Kier molecular flexibility index (Phi) is 7.62. The number of carbonyl (C=O) groups is 1. The molecule has 0 unspecified atom stereocenters. The van der Waals surface area contributed by atoms with Gasteiger partial charge in [-0.3, -0.25) is 14.2 Å². The number of alkyl halides is 3. The van der Waals surface area contributed by atoms with Crippen LogP contribution in [0.1, 0.15) is 28.7 Å². The zero-order valence-electron chi connectivity index (χ0n) is 20.3. The molecule has 1 aliphatic heterocycles. The smallest absolute Gasteiger partial charge is 0.467 e. The first kappa shape index (κ1) is 28.4. The molecule has 0 radical (unpaired) electrons. The van der Waals surface area contributed by atoms with Crippen LogP contribution in [0.2, 0.25) is 5.02 Å². The van der Waals surface area contributed by atoms with Crippen LogP contribution in [0, 0.1) is 11.6 Å². The molecule has 3 heterocycles. The summed E-state index contributed by atoms with van der Waals surface area (Å²) in [5.41, 5.74) is -5.10. The molecule has 0 saturated heterocycles. The number of fused-ring (bicyclic) bond motifs is 1. The van der Waals surface area contributed by atoms with Crippen molar-refractivity contribution >= 4 is 44.9 Å². The second kappa shape index (κ2) is 10.5. The van der Waals surface area contributed by atoms with E-state index in [0.29, 0.717) is 17.7 Å². The molecule has 10 nitrogen and oxygen atoms in total. The van der Waals surface area contributed by atoms with Gasteiger partial charge in [0.2, 0.25) is 0 Å². The highest BCUT2D eigenvalue weighted by atomic mass is 35.5. The fourth-order valence-electron chi connectivity index (χ4n) is 3.89. The minimum absolute atomic E-state index is 0.0466. The van der Waals surface area contributed by atoms with Crippen molar-refractivity contribution in [2.45, 2.75) is 25.4 Å². The molecule has 1 aliphatic rings. The number of benzene rings is 1. The molecule has 210 valence electrons. The number of carbonyl (C=O) groups excluding carboxylic acids is 1. The second-order valence-corrected chi connectivity index (χ2v) is 10.5. The monoisotopic (exact) mass is 594 g/mol. The van der Waals surface area contributed by atoms with E-state index in [0.717, 1.165) is 24.3 Å². The van der Waals surface area contributed by atoms with Gasteiger partial charge in [-0.25, -0.2) is 18.1 Å². The van der Waals surface area contributed by atoms with Crippen molar-refractivity contribution in [1.82, 2.24) is 19.0 Å². The molecule has 4 rings (SSSR count). The lowest BCUT2D eigenvalue weighted by Gasteiger charge is -2.32. The maximum absolute atomic E-state index is 15.0.